The Morgan fingerprint density at radius 3 is 3.50 bits per heavy atom. The maximum atomic E-state index is 9.19. The molecule has 0 saturated heterocycles. The van der Waals surface area contributed by atoms with Crippen LogP contribution in [0.3, 0.4) is 0 Å². The molecule has 0 saturated carbocycles. The molecule has 0 spiro atoms. The van der Waals surface area contributed by atoms with Crippen LogP contribution in [0.1, 0.15) is 17.9 Å². The highest BCUT2D eigenvalue weighted by molar-refractivity contribution is 5.12. The average molecular weight is 139 g/mol. The molecule has 2 rings (SSSR count). The number of rotatable bonds is 0. The van der Waals surface area contributed by atoms with Crippen LogP contribution in [-0.4, -0.2) is 16.2 Å². The fourth-order valence-electron chi connectivity index (χ4n) is 1.29. The number of hydrogen-bond donors (Lipinski definition) is 1. The lowest BCUT2D eigenvalue weighted by Gasteiger charge is -2.13. The molecule has 0 bridgehead atoms. The Hall–Kier alpha value is -0.830. The van der Waals surface area contributed by atoms with E-state index in [1.807, 2.05) is 0 Å². The van der Waals surface area contributed by atoms with E-state index in [1.54, 1.807) is 0 Å². The number of nitrogens with zero attached hydrogens (tertiary/aromatic N) is 1. The van der Waals surface area contributed by atoms with Gasteiger partial charge < -0.3 is 9.52 Å². The van der Waals surface area contributed by atoms with Crippen molar-refractivity contribution in [2.24, 2.45) is 0 Å². The van der Waals surface area contributed by atoms with Crippen LogP contribution in [0.15, 0.2) is 10.8 Å². The predicted octanol–water partition coefficient (Wildman–Crippen LogP) is 0.524. The molecule has 1 unspecified atom stereocenters. The van der Waals surface area contributed by atoms with Crippen molar-refractivity contribution in [1.82, 2.24) is 4.98 Å². The van der Waals surface area contributed by atoms with Crippen LogP contribution in [0.4, 0.5) is 0 Å². The molecule has 10 heavy (non-hydrogen) atoms. The molecule has 1 aromatic rings. The van der Waals surface area contributed by atoms with E-state index in [2.05, 4.69) is 4.98 Å². The predicted molar refractivity (Wildman–Crippen MR) is 34.5 cm³/mol. The molecule has 1 N–H and O–H groups in total. The molecule has 0 amide bonds. The minimum absolute atomic E-state index is 0.211. The highest BCUT2D eigenvalue weighted by Gasteiger charge is 2.19. The van der Waals surface area contributed by atoms with Gasteiger partial charge in [0.15, 0.2) is 6.39 Å². The summed E-state index contributed by atoms with van der Waals surface area (Å²) in [6, 6.07) is 0. The molecule has 0 aromatic carbocycles. The van der Waals surface area contributed by atoms with Crippen molar-refractivity contribution in [3.05, 3.63) is 17.8 Å². The summed E-state index contributed by atoms with van der Waals surface area (Å²) in [5.41, 5.74) is 0.929. The quantitative estimate of drug-likeness (QED) is 0.570. The van der Waals surface area contributed by atoms with Crippen LogP contribution >= 0.6 is 0 Å². The molecule has 3 nitrogen and oxygen atoms in total. The zero-order valence-electron chi connectivity index (χ0n) is 5.58. The summed E-state index contributed by atoms with van der Waals surface area (Å²) in [7, 11) is 0. The Morgan fingerprint density at radius 2 is 2.60 bits per heavy atom. The number of aliphatic hydroxyl groups excluding tert-OH is 1. The first kappa shape index (κ1) is 5.92. The minimum atomic E-state index is -0.211. The molecule has 1 atom stereocenters. The number of aryl methyl sites for hydroxylation is 1. The SMILES string of the molecule is OC1CCc2ocnc2C1. The molecule has 0 fully saturated rings. The maximum absolute atomic E-state index is 9.19. The number of aromatic nitrogens is 1. The first-order valence-corrected chi connectivity index (χ1v) is 3.45. The topological polar surface area (TPSA) is 46.3 Å². The van der Waals surface area contributed by atoms with Crippen LogP contribution < -0.4 is 0 Å². The van der Waals surface area contributed by atoms with Crippen molar-refractivity contribution in [3.63, 3.8) is 0 Å². The summed E-state index contributed by atoms with van der Waals surface area (Å²) in [6.07, 6.45) is 3.53. The number of aliphatic hydroxyl groups is 1. The summed E-state index contributed by atoms with van der Waals surface area (Å²) in [5.74, 6) is 0.949. The summed E-state index contributed by atoms with van der Waals surface area (Å²) < 4.78 is 5.08. The third kappa shape index (κ3) is 0.827. The Bertz CT molecular complexity index is 231. The van der Waals surface area contributed by atoms with Crippen LogP contribution in [0.5, 0.6) is 0 Å². The van der Waals surface area contributed by atoms with E-state index in [1.165, 1.54) is 6.39 Å². The molecule has 1 aromatic heterocycles. The Kier molecular flexibility index (Phi) is 1.24. The van der Waals surface area contributed by atoms with Gasteiger partial charge in [0, 0.05) is 12.8 Å². The molecule has 1 aliphatic rings. The molecule has 0 radical (unpaired) electrons. The lowest BCUT2D eigenvalue weighted by atomic mass is 9.99. The van der Waals surface area contributed by atoms with Crippen LogP contribution in [0.25, 0.3) is 0 Å². The lowest BCUT2D eigenvalue weighted by Crippen LogP contribution is -2.17. The van der Waals surface area contributed by atoms with Crippen molar-refractivity contribution in [1.29, 1.82) is 0 Å². The molecule has 1 aliphatic carbocycles. The van der Waals surface area contributed by atoms with Crippen LogP contribution in [-0.2, 0) is 12.8 Å². The number of fused-ring (bicyclic) bond motifs is 1. The normalized spacial score (nSPS) is 24.3. The average Bonchev–Trinajstić information content (AvgIpc) is 2.33. The van der Waals surface area contributed by atoms with Gasteiger partial charge in [-0.3, -0.25) is 0 Å². The second-order valence-electron chi connectivity index (χ2n) is 2.62. The van der Waals surface area contributed by atoms with E-state index >= 15 is 0 Å². The Labute approximate surface area is 58.7 Å². The zero-order valence-corrected chi connectivity index (χ0v) is 5.58. The maximum Gasteiger partial charge on any atom is 0.181 e. The molecular formula is C7H9NO2. The van der Waals surface area contributed by atoms with Crippen molar-refractivity contribution in [2.75, 3.05) is 0 Å². The lowest BCUT2D eigenvalue weighted by molar-refractivity contribution is 0.153. The van der Waals surface area contributed by atoms with E-state index < -0.39 is 0 Å². The Morgan fingerprint density at radius 1 is 1.70 bits per heavy atom. The van der Waals surface area contributed by atoms with Gasteiger partial charge in [0.1, 0.15) is 5.76 Å². The summed E-state index contributed by atoms with van der Waals surface area (Å²) >= 11 is 0. The van der Waals surface area contributed by atoms with E-state index in [4.69, 9.17) is 4.42 Å². The van der Waals surface area contributed by atoms with E-state index in [-0.39, 0.29) is 6.10 Å². The third-order valence-corrected chi connectivity index (χ3v) is 1.86. The third-order valence-electron chi connectivity index (χ3n) is 1.86. The molecular weight excluding hydrogens is 130 g/mol. The van der Waals surface area contributed by atoms with E-state index in [0.29, 0.717) is 6.42 Å². The van der Waals surface area contributed by atoms with Crippen LogP contribution in [0.2, 0.25) is 0 Å². The number of oxazole rings is 1. The van der Waals surface area contributed by atoms with Gasteiger partial charge in [-0.1, -0.05) is 0 Å². The minimum Gasteiger partial charge on any atom is -0.448 e. The largest absolute Gasteiger partial charge is 0.448 e. The fraction of sp³-hybridized carbons (Fsp3) is 0.571. The second-order valence-corrected chi connectivity index (χ2v) is 2.62. The monoisotopic (exact) mass is 139 g/mol. The van der Waals surface area contributed by atoms with Gasteiger partial charge in [-0.2, -0.15) is 0 Å². The summed E-state index contributed by atoms with van der Waals surface area (Å²) in [6.45, 7) is 0. The van der Waals surface area contributed by atoms with E-state index in [0.717, 1.165) is 24.3 Å². The standard InChI is InChI=1S/C7H9NO2/c9-5-1-2-7-6(3-5)8-4-10-7/h4-5,9H,1-3H2. The van der Waals surface area contributed by atoms with Gasteiger partial charge >= 0.3 is 0 Å². The zero-order chi connectivity index (χ0) is 6.97. The second kappa shape index (κ2) is 2.09. The van der Waals surface area contributed by atoms with E-state index in [9.17, 15) is 5.11 Å². The van der Waals surface area contributed by atoms with Gasteiger partial charge in [0.25, 0.3) is 0 Å². The Balaban J connectivity index is 2.30. The van der Waals surface area contributed by atoms with Gasteiger partial charge in [-0.15, -0.1) is 0 Å². The first-order chi connectivity index (χ1) is 4.86. The van der Waals surface area contributed by atoms with Gasteiger partial charge in [0.05, 0.1) is 11.8 Å². The molecule has 54 valence electrons. The van der Waals surface area contributed by atoms with Crippen molar-refractivity contribution < 1.29 is 9.52 Å². The summed E-state index contributed by atoms with van der Waals surface area (Å²) in [4.78, 5) is 3.98. The molecule has 1 heterocycles. The summed E-state index contributed by atoms with van der Waals surface area (Å²) in [5, 5.41) is 9.19. The molecule has 3 heteroatoms. The van der Waals surface area contributed by atoms with Gasteiger partial charge in [-0.25, -0.2) is 4.98 Å². The highest BCUT2D eigenvalue weighted by atomic mass is 16.3. The van der Waals surface area contributed by atoms with Gasteiger partial charge in [-0.05, 0) is 6.42 Å². The van der Waals surface area contributed by atoms with Crippen LogP contribution in [0, 0.1) is 0 Å². The molecule has 0 aliphatic heterocycles. The highest BCUT2D eigenvalue weighted by Crippen LogP contribution is 2.19. The van der Waals surface area contributed by atoms with Crippen molar-refractivity contribution >= 4 is 0 Å². The van der Waals surface area contributed by atoms with Crippen molar-refractivity contribution in [3.8, 4) is 0 Å². The number of hydrogen-bond acceptors (Lipinski definition) is 3. The first-order valence-electron chi connectivity index (χ1n) is 3.45. The smallest absolute Gasteiger partial charge is 0.181 e. The van der Waals surface area contributed by atoms with Gasteiger partial charge in [0.2, 0.25) is 0 Å². The van der Waals surface area contributed by atoms with Crippen molar-refractivity contribution in [2.45, 2.75) is 25.4 Å². The fourth-order valence-corrected chi connectivity index (χ4v) is 1.29.